The van der Waals surface area contributed by atoms with E-state index in [9.17, 15) is 17.6 Å². The summed E-state index contributed by atoms with van der Waals surface area (Å²) in [7, 11) is -4.12. The SMILES string of the molecule is C[C@@H](O)[C@H](NS(=O)(=O)c1ccc(F)cc1)C(=O)O. The van der Waals surface area contributed by atoms with Crippen LogP contribution in [0.2, 0.25) is 0 Å². The molecule has 0 aliphatic heterocycles. The molecule has 0 aliphatic carbocycles. The van der Waals surface area contributed by atoms with Crippen LogP contribution in [0.1, 0.15) is 6.92 Å². The molecule has 18 heavy (non-hydrogen) atoms. The van der Waals surface area contributed by atoms with Crippen molar-refractivity contribution in [3.05, 3.63) is 30.1 Å². The molecule has 0 unspecified atom stereocenters. The molecule has 6 nitrogen and oxygen atoms in total. The van der Waals surface area contributed by atoms with Crippen LogP contribution in [-0.2, 0) is 14.8 Å². The third kappa shape index (κ3) is 3.49. The second-order valence-electron chi connectivity index (χ2n) is 3.63. The van der Waals surface area contributed by atoms with Crippen LogP contribution < -0.4 is 4.72 Å². The monoisotopic (exact) mass is 277 g/mol. The number of halogens is 1. The molecule has 0 amide bonds. The van der Waals surface area contributed by atoms with Gasteiger partial charge in [-0.15, -0.1) is 0 Å². The number of aliphatic hydroxyl groups is 1. The fourth-order valence-corrected chi connectivity index (χ4v) is 2.47. The predicted octanol–water partition coefficient (Wildman–Crippen LogP) is -0.0620. The number of carboxylic acids is 1. The third-order valence-corrected chi connectivity index (χ3v) is 3.61. The van der Waals surface area contributed by atoms with Gasteiger partial charge in [0.1, 0.15) is 11.9 Å². The summed E-state index contributed by atoms with van der Waals surface area (Å²) >= 11 is 0. The van der Waals surface area contributed by atoms with Gasteiger partial charge < -0.3 is 10.2 Å². The normalized spacial score (nSPS) is 15.1. The van der Waals surface area contributed by atoms with E-state index in [2.05, 4.69) is 0 Å². The highest BCUT2D eigenvalue weighted by atomic mass is 32.2. The zero-order valence-corrected chi connectivity index (χ0v) is 10.2. The van der Waals surface area contributed by atoms with Crippen molar-refractivity contribution in [3.63, 3.8) is 0 Å². The molecule has 0 fully saturated rings. The second-order valence-corrected chi connectivity index (χ2v) is 5.35. The van der Waals surface area contributed by atoms with E-state index in [1.807, 2.05) is 4.72 Å². The fraction of sp³-hybridized carbons (Fsp3) is 0.300. The Morgan fingerprint density at radius 3 is 2.22 bits per heavy atom. The minimum Gasteiger partial charge on any atom is -0.480 e. The van der Waals surface area contributed by atoms with Gasteiger partial charge in [-0.05, 0) is 31.2 Å². The Morgan fingerprint density at radius 1 is 1.33 bits per heavy atom. The van der Waals surface area contributed by atoms with Crippen LogP contribution in [0.3, 0.4) is 0 Å². The van der Waals surface area contributed by atoms with Crippen molar-refractivity contribution in [2.45, 2.75) is 24.0 Å². The van der Waals surface area contributed by atoms with E-state index in [0.29, 0.717) is 0 Å². The van der Waals surface area contributed by atoms with Gasteiger partial charge in [-0.1, -0.05) is 0 Å². The van der Waals surface area contributed by atoms with Crippen molar-refractivity contribution < 1.29 is 27.8 Å². The molecular weight excluding hydrogens is 265 g/mol. The Balaban J connectivity index is 3.01. The Hall–Kier alpha value is -1.51. The van der Waals surface area contributed by atoms with Gasteiger partial charge in [0.05, 0.1) is 11.0 Å². The fourth-order valence-electron chi connectivity index (χ4n) is 1.20. The van der Waals surface area contributed by atoms with Gasteiger partial charge in [0.25, 0.3) is 0 Å². The number of nitrogens with one attached hydrogen (secondary N) is 1. The Kier molecular flexibility index (Phi) is 4.38. The van der Waals surface area contributed by atoms with Gasteiger partial charge in [0.15, 0.2) is 0 Å². The maximum atomic E-state index is 12.6. The van der Waals surface area contributed by atoms with E-state index >= 15 is 0 Å². The summed E-state index contributed by atoms with van der Waals surface area (Å²) in [6.07, 6.45) is -1.40. The minimum atomic E-state index is -4.12. The number of aliphatic carboxylic acids is 1. The van der Waals surface area contributed by atoms with Crippen LogP contribution in [0.5, 0.6) is 0 Å². The Labute approximate surface area is 103 Å². The molecule has 0 saturated heterocycles. The van der Waals surface area contributed by atoms with Gasteiger partial charge in [-0.3, -0.25) is 4.79 Å². The van der Waals surface area contributed by atoms with Crippen LogP contribution in [0.4, 0.5) is 4.39 Å². The molecule has 0 radical (unpaired) electrons. The van der Waals surface area contributed by atoms with Crippen molar-refractivity contribution in [2.75, 3.05) is 0 Å². The summed E-state index contributed by atoms with van der Waals surface area (Å²) in [5.74, 6) is -2.12. The maximum absolute atomic E-state index is 12.6. The van der Waals surface area contributed by atoms with Gasteiger partial charge >= 0.3 is 5.97 Å². The average Bonchev–Trinajstić information content (AvgIpc) is 2.26. The molecule has 2 atom stereocenters. The van der Waals surface area contributed by atoms with Gasteiger partial charge in [0.2, 0.25) is 10.0 Å². The Bertz CT molecular complexity index is 526. The lowest BCUT2D eigenvalue weighted by atomic mass is 10.2. The van der Waals surface area contributed by atoms with Crippen LogP contribution in [0, 0.1) is 5.82 Å². The molecule has 0 bridgehead atoms. The molecule has 3 N–H and O–H groups in total. The van der Waals surface area contributed by atoms with Crippen molar-refractivity contribution in [1.29, 1.82) is 0 Å². The largest absolute Gasteiger partial charge is 0.480 e. The van der Waals surface area contributed by atoms with Crippen LogP contribution in [-0.4, -0.2) is 36.7 Å². The number of aliphatic hydroxyl groups excluding tert-OH is 1. The Morgan fingerprint density at radius 2 is 1.83 bits per heavy atom. The molecule has 1 aromatic rings. The number of rotatable bonds is 5. The van der Waals surface area contributed by atoms with Crippen LogP contribution in [0.15, 0.2) is 29.2 Å². The first-order valence-corrected chi connectivity index (χ1v) is 6.41. The number of carboxylic acid groups (broad SMARTS) is 1. The standard InChI is InChI=1S/C10H12FNO5S/c1-6(13)9(10(14)15)12-18(16,17)8-4-2-7(11)3-5-8/h2-6,9,12-13H,1H3,(H,14,15)/t6-,9+/m1/s1. The van der Waals surface area contributed by atoms with Crippen LogP contribution >= 0.6 is 0 Å². The highest BCUT2D eigenvalue weighted by Gasteiger charge is 2.29. The van der Waals surface area contributed by atoms with Crippen molar-refractivity contribution in [2.24, 2.45) is 0 Å². The van der Waals surface area contributed by atoms with Gasteiger partial charge in [-0.25, -0.2) is 12.8 Å². The predicted molar refractivity (Wildman–Crippen MR) is 59.8 cm³/mol. The highest BCUT2D eigenvalue weighted by molar-refractivity contribution is 7.89. The summed E-state index contributed by atoms with van der Waals surface area (Å²) in [6.45, 7) is 1.14. The lowest BCUT2D eigenvalue weighted by molar-refractivity contribution is -0.141. The molecule has 0 aliphatic rings. The molecule has 0 saturated carbocycles. The highest BCUT2D eigenvalue weighted by Crippen LogP contribution is 2.11. The summed E-state index contributed by atoms with van der Waals surface area (Å²) < 4.78 is 38.0. The quantitative estimate of drug-likeness (QED) is 0.699. The van der Waals surface area contributed by atoms with E-state index in [4.69, 9.17) is 10.2 Å². The summed E-state index contributed by atoms with van der Waals surface area (Å²) in [5, 5.41) is 17.9. The number of benzene rings is 1. The van der Waals surface area contributed by atoms with Gasteiger partial charge in [-0.2, -0.15) is 4.72 Å². The third-order valence-electron chi connectivity index (χ3n) is 2.15. The molecule has 0 heterocycles. The first-order valence-electron chi connectivity index (χ1n) is 4.93. The zero-order chi connectivity index (χ0) is 13.9. The van der Waals surface area contributed by atoms with E-state index in [0.717, 1.165) is 31.2 Å². The lowest BCUT2D eigenvalue weighted by Crippen LogP contribution is -2.47. The van der Waals surface area contributed by atoms with E-state index in [1.54, 1.807) is 0 Å². The first kappa shape index (κ1) is 14.6. The summed E-state index contributed by atoms with van der Waals surface area (Å²) in [4.78, 5) is 10.5. The molecule has 1 rings (SSSR count). The van der Waals surface area contributed by atoms with Gasteiger partial charge in [0, 0.05) is 0 Å². The molecular formula is C10H12FNO5S. The number of hydrogen-bond donors (Lipinski definition) is 3. The number of carbonyl (C=O) groups is 1. The molecule has 1 aromatic carbocycles. The van der Waals surface area contributed by atoms with E-state index < -0.39 is 34.0 Å². The van der Waals surface area contributed by atoms with E-state index in [-0.39, 0.29) is 4.90 Å². The first-order chi connectivity index (χ1) is 8.24. The van der Waals surface area contributed by atoms with Crippen molar-refractivity contribution in [1.82, 2.24) is 4.72 Å². The second kappa shape index (κ2) is 5.42. The van der Waals surface area contributed by atoms with Crippen LogP contribution in [0.25, 0.3) is 0 Å². The molecule has 0 aromatic heterocycles. The lowest BCUT2D eigenvalue weighted by Gasteiger charge is -2.17. The summed E-state index contributed by atoms with van der Waals surface area (Å²) in [6, 6.07) is 2.21. The van der Waals surface area contributed by atoms with Crippen molar-refractivity contribution in [3.8, 4) is 0 Å². The minimum absolute atomic E-state index is 0.282. The van der Waals surface area contributed by atoms with Crippen molar-refractivity contribution >= 4 is 16.0 Å². The van der Waals surface area contributed by atoms with E-state index in [1.165, 1.54) is 0 Å². The smallest absolute Gasteiger partial charge is 0.324 e. The topological polar surface area (TPSA) is 104 Å². The molecule has 8 heteroatoms. The average molecular weight is 277 g/mol. The zero-order valence-electron chi connectivity index (χ0n) is 9.37. The number of hydrogen-bond acceptors (Lipinski definition) is 4. The number of sulfonamides is 1. The molecule has 100 valence electrons. The maximum Gasteiger partial charge on any atom is 0.324 e. The molecule has 0 spiro atoms. The summed E-state index contributed by atoms with van der Waals surface area (Å²) in [5.41, 5.74) is 0.